The summed E-state index contributed by atoms with van der Waals surface area (Å²) in [5, 5.41) is 0. The summed E-state index contributed by atoms with van der Waals surface area (Å²) in [5.41, 5.74) is 12.4. The van der Waals surface area contributed by atoms with Crippen LogP contribution in [0.25, 0.3) is 0 Å². The summed E-state index contributed by atoms with van der Waals surface area (Å²) in [4.78, 5) is 0. The molecule has 2 nitrogen and oxygen atoms in total. The number of aryl methyl sites for hydroxylation is 2. The Morgan fingerprint density at radius 1 is 1.00 bits per heavy atom. The maximum Gasteiger partial charge on any atom is 0.0492 e. The summed E-state index contributed by atoms with van der Waals surface area (Å²) in [6, 6.07) is 12.2. The summed E-state index contributed by atoms with van der Waals surface area (Å²) in [5.74, 6) is 1.15. The van der Waals surface area contributed by atoms with Gasteiger partial charge in [-0.3, -0.25) is 4.21 Å². The van der Waals surface area contributed by atoms with E-state index in [9.17, 15) is 4.21 Å². The van der Waals surface area contributed by atoms with E-state index >= 15 is 0 Å². The quantitative estimate of drug-likeness (QED) is 0.872. The van der Waals surface area contributed by atoms with E-state index in [1.165, 1.54) is 11.1 Å². The molecule has 2 aromatic rings. The Labute approximate surface area is 123 Å². The van der Waals surface area contributed by atoms with Crippen LogP contribution in [0.1, 0.15) is 27.8 Å². The molecule has 1 atom stereocenters. The second-order valence-electron chi connectivity index (χ2n) is 5.36. The monoisotopic (exact) mass is 287 g/mol. The molecule has 0 aliphatic heterocycles. The van der Waals surface area contributed by atoms with Crippen molar-refractivity contribution in [3.8, 4) is 0 Å². The molecule has 3 heteroatoms. The zero-order valence-electron chi connectivity index (χ0n) is 12.3. The molecular formula is C17H21NOS. The molecule has 0 aliphatic rings. The van der Waals surface area contributed by atoms with Crippen molar-refractivity contribution in [3.05, 3.63) is 64.2 Å². The molecular weight excluding hydrogens is 266 g/mol. The van der Waals surface area contributed by atoms with Crippen molar-refractivity contribution in [1.29, 1.82) is 0 Å². The Kier molecular flexibility index (Phi) is 4.61. The zero-order chi connectivity index (χ0) is 14.7. The first-order chi connectivity index (χ1) is 9.45. The highest BCUT2D eigenvalue weighted by Gasteiger charge is 2.08. The van der Waals surface area contributed by atoms with Crippen LogP contribution in [-0.2, 0) is 22.3 Å². The van der Waals surface area contributed by atoms with Crippen LogP contribution in [-0.4, -0.2) is 4.21 Å². The van der Waals surface area contributed by atoms with Crippen molar-refractivity contribution in [2.24, 2.45) is 0 Å². The first-order valence-corrected chi connectivity index (χ1v) is 8.20. The van der Waals surface area contributed by atoms with Gasteiger partial charge in [0, 0.05) is 28.0 Å². The van der Waals surface area contributed by atoms with Gasteiger partial charge in [-0.15, -0.1) is 0 Å². The Morgan fingerprint density at radius 3 is 2.30 bits per heavy atom. The Hall–Kier alpha value is -1.61. The van der Waals surface area contributed by atoms with Crippen molar-refractivity contribution in [2.45, 2.75) is 32.3 Å². The van der Waals surface area contributed by atoms with E-state index in [1.807, 2.05) is 25.1 Å². The molecule has 0 radical (unpaired) electrons. The van der Waals surface area contributed by atoms with Crippen LogP contribution >= 0.6 is 0 Å². The van der Waals surface area contributed by atoms with Gasteiger partial charge in [-0.2, -0.15) is 0 Å². The van der Waals surface area contributed by atoms with Gasteiger partial charge >= 0.3 is 0 Å². The number of hydrogen-bond acceptors (Lipinski definition) is 2. The highest BCUT2D eigenvalue weighted by Crippen LogP contribution is 2.19. The van der Waals surface area contributed by atoms with Crippen molar-refractivity contribution < 1.29 is 4.21 Å². The summed E-state index contributed by atoms with van der Waals surface area (Å²) in [6.07, 6.45) is 0. The van der Waals surface area contributed by atoms with Gasteiger partial charge in [0.25, 0.3) is 0 Å². The Morgan fingerprint density at radius 2 is 1.65 bits per heavy atom. The third-order valence-corrected chi connectivity index (χ3v) is 4.70. The average molecular weight is 287 g/mol. The van der Waals surface area contributed by atoms with E-state index in [1.54, 1.807) is 0 Å². The van der Waals surface area contributed by atoms with Crippen LogP contribution in [0.5, 0.6) is 0 Å². The molecule has 0 spiro atoms. The maximum atomic E-state index is 12.3. The molecule has 20 heavy (non-hydrogen) atoms. The molecule has 0 saturated carbocycles. The molecule has 2 rings (SSSR count). The SMILES string of the molecule is Cc1cc(C)cc(CS(=O)Cc2cccc(N)c2C)c1. The third-order valence-electron chi connectivity index (χ3n) is 3.41. The normalized spacial score (nSPS) is 12.3. The van der Waals surface area contributed by atoms with Crippen LogP contribution < -0.4 is 5.73 Å². The molecule has 0 fully saturated rings. The Balaban J connectivity index is 2.11. The minimum Gasteiger partial charge on any atom is -0.399 e. The fourth-order valence-corrected chi connectivity index (χ4v) is 3.72. The van der Waals surface area contributed by atoms with E-state index in [-0.39, 0.29) is 0 Å². The average Bonchev–Trinajstić information content (AvgIpc) is 2.33. The summed E-state index contributed by atoms with van der Waals surface area (Å²) in [7, 11) is -0.913. The van der Waals surface area contributed by atoms with E-state index in [4.69, 9.17) is 5.73 Å². The number of anilines is 1. The number of rotatable bonds is 4. The highest BCUT2D eigenvalue weighted by molar-refractivity contribution is 7.83. The standard InChI is InChI=1S/C17H21NOS/c1-12-7-13(2)9-15(8-12)10-20(19)11-16-5-4-6-17(18)14(16)3/h4-9H,10-11,18H2,1-3H3. The fraction of sp³-hybridized carbons (Fsp3) is 0.294. The predicted molar refractivity (Wildman–Crippen MR) is 87.1 cm³/mol. The molecule has 2 N–H and O–H groups in total. The topological polar surface area (TPSA) is 43.1 Å². The fourth-order valence-electron chi connectivity index (χ4n) is 2.42. The van der Waals surface area contributed by atoms with Crippen LogP contribution in [0.15, 0.2) is 36.4 Å². The van der Waals surface area contributed by atoms with Gasteiger partial charge in [-0.05, 0) is 43.5 Å². The van der Waals surface area contributed by atoms with Gasteiger partial charge in [0.2, 0.25) is 0 Å². The number of nitrogens with two attached hydrogens (primary N) is 1. The molecule has 0 aromatic heterocycles. The predicted octanol–water partition coefficient (Wildman–Crippen LogP) is 3.64. The largest absolute Gasteiger partial charge is 0.399 e. The Bertz CT molecular complexity index is 629. The second kappa shape index (κ2) is 6.23. The van der Waals surface area contributed by atoms with Crippen LogP contribution in [0, 0.1) is 20.8 Å². The van der Waals surface area contributed by atoms with Gasteiger partial charge in [-0.1, -0.05) is 41.5 Å². The van der Waals surface area contributed by atoms with Crippen LogP contribution in [0.3, 0.4) is 0 Å². The first-order valence-electron chi connectivity index (χ1n) is 6.72. The molecule has 0 bridgehead atoms. The summed E-state index contributed by atoms with van der Waals surface area (Å²) in [6.45, 7) is 6.13. The van der Waals surface area contributed by atoms with Crippen molar-refractivity contribution >= 4 is 16.5 Å². The number of benzene rings is 2. The lowest BCUT2D eigenvalue weighted by Crippen LogP contribution is -2.03. The first kappa shape index (κ1) is 14.8. The number of hydrogen-bond donors (Lipinski definition) is 1. The van der Waals surface area contributed by atoms with Gasteiger partial charge in [-0.25, -0.2) is 0 Å². The lowest BCUT2D eigenvalue weighted by Gasteiger charge is -2.09. The zero-order valence-corrected chi connectivity index (χ0v) is 13.1. The van der Waals surface area contributed by atoms with E-state index in [0.717, 1.165) is 22.4 Å². The van der Waals surface area contributed by atoms with Crippen molar-refractivity contribution in [2.75, 3.05) is 5.73 Å². The summed E-state index contributed by atoms with van der Waals surface area (Å²) >= 11 is 0. The molecule has 0 heterocycles. The van der Waals surface area contributed by atoms with E-state index < -0.39 is 10.8 Å². The molecule has 2 aromatic carbocycles. The maximum absolute atomic E-state index is 12.3. The third kappa shape index (κ3) is 3.70. The minimum absolute atomic E-state index is 0.559. The molecule has 1 unspecified atom stereocenters. The van der Waals surface area contributed by atoms with Crippen molar-refractivity contribution in [3.63, 3.8) is 0 Å². The minimum atomic E-state index is -0.913. The van der Waals surface area contributed by atoms with Gasteiger partial charge in [0.05, 0.1) is 0 Å². The second-order valence-corrected chi connectivity index (χ2v) is 6.81. The van der Waals surface area contributed by atoms with Crippen molar-refractivity contribution in [1.82, 2.24) is 0 Å². The van der Waals surface area contributed by atoms with E-state index in [2.05, 4.69) is 32.0 Å². The van der Waals surface area contributed by atoms with Gasteiger partial charge < -0.3 is 5.73 Å². The highest BCUT2D eigenvalue weighted by atomic mass is 32.2. The molecule has 0 aliphatic carbocycles. The smallest absolute Gasteiger partial charge is 0.0492 e. The summed E-state index contributed by atoms with van der Waals surface area (Å²) < 4.78 is 12.3. The van der Waals surface area contributed by atoms with Crippen LogP contribution in [0.4, 0.5) is 5.69 Å². The van der Waals surface area contributed by atoms with Crippen LogP contribution in [0.2, 0.25) is 0 Å². The van der Waals surface area contributed by atoms with Gasteiger partial charge in [0.1, 0.15) is 0 Å². The van der Waals surface area contributed by atoms with Gasteiger partial charge in [0.15, 0.2) is 0 Å². The number of nitrogen functional groups attached to an aromatic ring is 1. The molecule has 0 amide bonds. The lowest BCUT2D eigenvalue weighted by molar-refractivity contribution is 0.682. The molecule has 106 valence electrons. The molecule has 0 saturated heterocycles. The lowest BCUT2D eigenvalue weighted by atomic mass is 10.1. The van der Waals surface area contributed by atoms with E-state index in [0.29, 0.717) is 11.5 Å².